The molecule has 0 radical (unpaired) electrons. The van der Waals surface area contributed by atoms with Crippen LogP contribution in [0.15, 0.2) is 22.7 Å². The molecule has 1 unspecified atom stereocenters. The van der Waals surface area contributed by atoms with E-state index in [1.54, 1.807) is 7.11 Å². The second-order valence-electron chi connectivity index (χ2n) is 5.23. The first-order valence-electron chi connectivity index (χ1n) is 5.91. The molecule has 0 spiro atoms. The Bertz CT molecular complexity index is 356. The van der Waals surface area contributed by atoms with Crippen molar-refractivity contribution in [2.45, 2.75) is 45.8 Å². The zero-order chi connectivity index (χ0) is 13.1. The molecule has 0 fully saturated rings. The van der Waals surface area contributed by atoms with Crippen LogP contribution in [0.4, 0.5) is 5.69 Å². The van der Waals surface area contributed by atoms with Crippen molar-refractivity contribution in [3.05, 3.63) is 28.2 Å². The molecule has 0 heterocycles. The van der Waals surface area contributed by atoms with Gasteiger partial charge in [0.05, 0.1) is 5.60 Å². The van der Waals surface area contributed by atoms with Crippen LogP contribution in [0.2, 0.25) is 0 Å². The highest BCUT2D eigenvalue weighted by Gasteiger charge is 2.20. The van der Waals surface area contributed by atoms with E-state index in [1.165, 1.54) is 5.56 Å². The van der Waals surface area contributed by atoms with E-state index in [2.05, 4.69) is 67.1 Å². The molecule has 1 N–H and O–H groups in total. The lowest BCUT2D eigenvalue weighted by Gasteiger charge is -2.27. The molecule has 17 heavy (non-hydrogen) atoms. The highest BCUT2D eigenvalue weighted by atomic mass is 79.9. The van der Waals surface area contributed by atoms with Gasteiger partial charge in [0.2, 0.25) is 0 Å². The second kappa shape index (κ2) is 5.87. The van der Waals surface area contributed by atoms with Gasteiger partial charge in [-0.3, -0.25) is 0 Å². The quantitative estimate of drug-likeness (QED) is 0.871. The van der Waals surface area contributed by atoms with Crippen molar-refractivity contribution in [1.82, 2.24) is 0 Å². The van der Waals surface area contributed by atoms with Gasteiger partial charge in [0, 0.05) is 23.3 Å². The molecule has 0 bridgehead atoms. The highest BCUT2D eigenvalue weighted by molar-refractivity contribution is 9.10. The van der Waals surface area contributed by atoms with Crippen molar-refractivity contribution in [1.29, 1.82) is 0 Å². The normalized spacial score (nSPS) is 13.5. The molecular weight excluding hydrogens is 278 g/mol. The van der Waals surface area contributed by atoms with E-state index in [1.807, 2.05) is 0 Å². The number of halogens is 1. The van der Waals surface area contributed by atoms with Crippen LogP contribution in [0.3, 0.4) is 0 Å². The minimum absolute atomic E-state index is 0.0898. The summed E-state index contributed by atoms with van der Waals surface area (Å²) in [4.78, 5) is 0. The average molecular weight is 300 g/mol. The van der Waals surface area contributed by atoms with Gasteiger partial charge in [-0.2, -0.15) is 0 Å². The molecule has 96 valence electrons. The van der Waals surface area contributed by atoms with Gasteiger partial charge in [0.1, 0.15) is 0 Å². The zero-order valence-electron chi connectivity index (χ0n) is 11.3. The molecule has 0 aliphatic carbocycles. The Kier molecular flexibility index (Phi) is 5.02. The Morgan fingerprint density at radius 3 is 2.53 bits per heavy atom. The largest absolute Gasteiger partial charge is 0.382 e. The number of ether oxygens (including phenoxy) is 1. The number of rotatable bonds is 5. The summed E-state index contributed by atoms with van der Waals surface area (Å²) in [5.74, 6) is 0. The molecule has 3 heteroatoms. The van der Waals surface area contributed by atoms with Gasteiger partial charge in [0.25, 0.3) is 0 Å². The average Bonchev–Trinajstić information content (AvgIpc) is 2.14. The Hall–Kier alpha value is -0.540. The molecule has 0 aliphatic rings. The van der Waals surface area contributed by atoms with Gasteiger partial charge >= 0.3 is 0 Å². The van der Waals surface area contributed by atoms with E-state index >= 15 is 0 Å². The second-order valence-corrected chi connectivity index (χ2v) is 6.15. The highest BCUT2D eigenvalue weighted by Crippen LogP contribution is 2.22. The number of hydrogen-bond acceptors (Lipinski definition) is 2. The molecule has 1 aromatic carbocycles. The van der Waals surface area contributed by atoms with Crippen LogP contribution in [0, 0.1) is 6.92 Å². The monoisotopic (exact) mass is 299 g/mol. The van der Waals surface area contributed by atoms with Crippen molar-refractivity contribution >= 4 is 21.6 Å². The lowest BCUT2D eigenvalue weighted by molar-refractivity contribution is 0.0128. The number of anilines is 1. The molecule has 0 saturated heterocycles. The smallest absolute Gasteiger partial charge is 0.0642 e. The minimum Gasteiger partial charge on any atom is -0.382 e. The van der Waals surface area contributed by atoms with Gasteiger partial charge in [-0.05, 0) is 57.9 Å². The number of nitrogens with one attached hydrogen (secondary N) is 1. The zero-order valence-corrected chi connectivity index (χ0v) is 12.9. The number of aryl methyl sites for hydroxylation is 1. The molecule has 0 aliphatic heterocycles. The number of benzene rings is 1. The summed E-state index contributed by atoms with van der Waals surface area (Å²) in [5.41, 5.74) is 2.31. The van der Waals surface area contributed by atoms with E-state index in [-0.39, 0.29) is 5.60 Å². The summed E-state index contributed by atoms with van der Waals surface area (Å²) < 4.78 is 6.55. The fourth-order valence-corrected chi connectivity index (χ4v) is 2.58. The minimum atomic E-state index is -0.0898. The Morgan fingerprint density at radius 2 is 2.00 bits per heavy atom. The van der Waals surface area contributed by atoms with Gasteiger partial charge < -0.3 is 10.1 Å². The van der Waals surface area contributed by atoms with E-state index in [0.717, 1.165) is 16.6 Å². The molecular formula is C14H22BrNO. The Balaban J connectivity index is 2.65. The van der Waals surface area contributed by atoms with Gasteiger partial charge in [-0.25, -0.2) is 0 Å². The predicted octanol–water partition coefficient (Wildman–Crippen LogP) is 4.37. The molecule has 0 amide bonds. The van der Waals surface area contributed by atoms with Gasteiger partial charge in [-0.1, -0.05) is 15.9 Å². The van der Waals surface area contributed by atoms with Gasteiger partial charge in [0.15, 0.2) is 0 Å². The van der Waals surface area contributed by atoms with Crippen molar-refractivity contribution in [2.24, 2.45) is 0 Å². The summed E-state index contributed by atoms with van der Waals surface area (Å²) in [5, 5.41) is 3.50. The third-order valence-electron chi connectivity index (χ3n) is 2.81. The molecule has 1 atom stereocenters. The van der Waals surface area contributed by atoms with Crippen LogP contribution in [0.1, 0.15) is 32.8 Å². The van der Waals surface area contributed by atoms with Crippen molar-refractivity contribution in [2.75, 3.05) is 12.4 Å². The summed E-state index contributed by atoms with van der Waals surface area (Å²) >= 11 is 3.51. The number of methoxy groups -OCH3 is 1. The van der Waals surface area contributed by atoms with E-state index in [4.69, 9.17) is 4.74 Å². The van der Waals surface area contributed by atoms with E-state index < -0.39 is 0 Å². The van der Waals surface area contributed by atoms with Crippen LogP contribution in [0.5, 0.6) is 0 Å². The molecule has 1 rings (SSSR count). The molecule has 0 aromatic heterocycles. The van der Waals surface area contributed by atoms with Crippen LogP contribution in [0.25, 0.3) is 0 Å². The van der Waals surface area contributed by atoms with Crippen LogP contribution >= 0.6 is 15.9 Å². The summed E-state index contributed by atoms with van der Waals surface area (Å²) in [6, 6.07) is 6.73. The molecule has 2 nitrogen and oxygen atoms in total. The summed E-state index contributed by atoms with van der Waals surface area (Å²) in [6.07, 6.45) is 0.967. The third-order valence-corrected chi connectivity index (χ3v) is 3.26. The number of hydrogen-bond donors (Lipinski definition) is 1. The van der Waals surface area contributed by atoms with Crippen molar-refractivity contribution in [3.8, 4) is 0 Å². The fraction of sp³-hybridized carbons (Fsp3) is 0.571. The Morgan fingerprint density at radius 1 is 1.35 bits per heavy atom. The summed E-state index contributed by atoms with van der Waals surface area (Å²) in [7, 11) is 1.76. The SMILES string of the molecule is COC(C)(C)CC(C)Nc1cc(C)cc(Br)c1. The van der Waals surface area contributed by atoms with Crippen LogP contribution in [-0.4, -0.2) is 18.8 Å². The fourth-order valence-electron chi connectivity index (χ4n) is 1.98. The lowest BCUT2D eigenvalue weighted by atomic mass is 9.99. The molecule has 0 saturated carbocycles. The first-order valence-corrected chi connectivity index (χ1v) is 6.70. The molecule has 1 aromatic rings. The van der Waals surface area contributed by atoms with Crippen molar-refractivity contribution in [3.63, 3.8) is 0 Å². The third kappa shape index (κ3) is 5.09. The van der Waals surface area contributed by atoms with Crippen molar-refractivity contribution < 1.29 is 4.74 Å². The van der Waals surface area contributed by atoms with E-state index in [9.17, 15) is 0 Å². The topological polar surface area (TPSA) is 21.3 Å². The maximum absolute atomic E-state index is 5.44. The van der Waals surface area contributed by atoms with Crippen LogP contribution in [-0.2, 0) is 4.74 Å². The first kappa shape index (κ1) is 14.5. The predicted molar refractivity (Wildman–Crippen MR) is 77.7 cm³/mol. The van der Waals surface area contributed by atoms with E-state index in [0.29, 0.717) is 6.04 Å². The first-order chi connectivity index (χ1) is 7.82. The van der Waals surface area contributed by atoms with Crippen LogP contribution < -0.4 is 5.32 Å². The standard InChI is InChI=1S/C14H22BrNO/c1-10-6-12(15)8-13(7-10)16-11(2)9-14(3,4)17-5/h6-8,11,16H,9H2,1-5H3. The van der Waals surface area contributed by atoms with Gasteiger partial charge in [-0.15, -0.1) is 0 Å². The lowest BCUT2D eigenvalue weighted by Crippen LogP contribution is -2.31. The maximum Gasteiger partial charge on any atom is 0.0642 e. The summed E-state index contributed by atoms with van der Waals surface area (Å²) in [6.45, 7) is 8.49. The Labute approximate surface area is 113 Å². The maximum atomic E-state index is 5.44.